The maximum absolute atomic E-state index is 5.50. The predicted octanol–water partition coefficient (Wildman–Crippen LogP) is 0.783. The van der Waals surface area contributed by atoms with E-state index in [1.54, 1.807) is 14.2 Å². The maximum Gasteiger partial charge on any atom is 0.168 e. The average molecular weight is 239 g/mol. The lowest BCUT2D eigenvalue weighted by molar-refractivity contribution is -0.271. The molecule has 0 atom stereocenters. The highest BCUT2D eigenvalue weighted by molar-refractivity contribution is 5.00. The van der Waals surface area contributed by atoms with E-state index in [0.717, 1.165) is 31.5 Å². The van der Waals surface area contributed by atoms with Crippen molar-refractivity contribution >= 4 is 0 Å². The summed E-state index contributed by atoms with van der Waals surface area (Å²) in [6.45, 7) is 1.58. The number of rotatable bonds is 6. The Morgan fingerprint density at radius 3 is 2.76 bits per heavy atom. The van der Waals surface area contributed by atoms with Crippen LogP contribution >= 0.6 is 0 Å². The predicted molar refractivity (Wildman–Crippen MR) is 64.5 cm³/mol. The summed E-state index contributed by atoms with van der Waals surface area (Å²) in [5.74, 6) is 0.235. The van der Waals surface area contributed by atoms with Crippen LogP contribution in [0.4, 0.5) is 0 Å². The van der Waals surface area contributed by atoms with E-state index >= 15 is 0 Å². The van der Waals surface area contributed by atoms with Crippen molar-refractivity contribution in [1.29, 1.82) is 0 Å². The van der Waals surface area contributed by atoms with Crippen molar-refractivity contribution in [3.05, 3.63) is 18.0 Å². The number of methoxy groups -OCH3 is 2. The van der Waals surface area contributed by atoms with Gasteiger partial charge >= 0.3 is 0 Å². The van der Waals surface area contributed by atoms with Crippen LogP contribution in [0.5, 0.6) is 0 Å². The SMILES string of the molecule is COC1(OC)CC(Cn2ccc(CCN)n2)C1. The van der Waals surface area contributed by atoms with Gasteiger partial charge in [-0.15, -0.1) is 0 Å². The molecule has 1 aromatic heterocycles. The van der Waals surface area contributed by atoms with Crippen molar-refractivity contribution < 1.29 is 9.47 Å². The molecule has 0 radical (unpaired) electrons. The standard InChI is InChI=1S/C12H21N3O2/c1-16-12(17-2)7-10(8-12)9-15-6-4-11(14-15)3-5-13/h4,6,10H,3,5,7-9,13H2,1-2H3. The lowest BCUT2D eigenvalue weighted by atomic mass is 9.78. The molecule has 0 amide bonds. The molecular weight excluding hydrogens is 218 g/mol. The van der Waals surface area contributed by atoms with E-state index in [9.17, 15) is 0 Å². The normalized spacial score (nSPS) is 19.2. The minimum atomic E-state index is -0.349. The van der Waals surface area contributed by atoms with Crippen LogP contribution in [0.25, 0.3) is 0 Å². The van der Waals surface area contributed by atoms with Crippen molar-refractivity contribution in [2.75, 3.05) is 20.8 Å². The summed E-state index contributed by atoms with van der Waals surface area (Å²) >= 11 is 0. The van der Waals surface area contributed by atoms with Crippen molar-refractivity contribution in [3.8, 4) is 0 Å². The molecule has 0 spiro atoms. The Morgan fingerprint density at radius 2 is 2.18 bits per heavy atom. The van der Waals surface area contributed by atoms with E-state index in [4.69, 9.17) is 15.2 Å². The van der Waals surface area contributed by atoms with E-state index in [0.29, 0.717) is 12.5 Å². The Balaban J connectivity index is 1.83. The van der Waals surface area contributed by atoms with Gasteiger partial charge in [-0.1, -0.05) is 0 Å². The van der Waals surface area contributed by atoms with E-state index in [-0.39, 0.29) is 5.79 Å². The summed E-state index contributed by atoms with van der Waals surface area (Å²) < 4.78 is 12.7. The summed E-state index contributed by atoms with van der Waals surface area (Å²) in [4.78, 5) is 0. The third kappa shape index (κ3) is 2.68. The van der Waals surface area contributed by atoms with Gasteiger partial charge in [-0.05, 0) is 18.5 Å². The zero-order valence-corrected chi connectivity index (χ0v) is 10.6. The highest BCUT2D eigenvalue weighted by Gasteiger charge is 2.45. The molecule has 1 aromatic rings. The van der Waals surface area contributed by atoms with Gasteiger partial charge in [0.25, 0.3) is 0 Å². The van der Waals surface area contributed by atoms with E-state index in [2.05, 4.69) is 5.10 Å². The fourth-order valence-corrected chi connectivity index (χ4v) is 2.42. The molecule has 1 saturated carbocycles. The summed E-state index contributed by atoms with van der Waals surface area (Å²) in [5.41, 5.74) is 6.56. The fraction of sp³-hybridized carbons (Fsp3) is 0.750. The van der Waals surface area contributed by atoms with Crippen LogP contribution in [-0.2, 0) is 22.4 Å². The second-order valence-electron chi connectivity index (χ2n) is 4.66. The summed E-state index contributed by atoms with van der Waals surface area (Å²) in [6.07, 6.45) is 4.74. The van der Waals surface area contributed by atoms with E-state index in [1.165, 1.54) is 0 Å². The molecule has 0 aromatic carbocycles. The molecule has 1 aliphatic carbocycles. The highest BCUT2D eigenvalue weighted by Crippen LogP contribution is 2.41. The Labute approximate surface area is 102 Å². The van der Waals surface area contributed by atoms with Crippen molar-refractivity contribution in [2.45, 2.75) is 31.6 Å². The Bertz CT molecular complexity index is 352. The second-order valence-corrected chi connectivity index (χ2v) is 4.66. The van der Waals surface area contributed by atoms with Gasteiger partial charge in [0.05, 0.1) is 5.69 Å². The lowest BCUT2D eigenvalue weighted by Gasteiger charge is -2.45. The fourth-order valence-electron chi connectivity index (χ4n) is 2.42. The molecule has 1 aliphatic rings. The largest absolute Gasteiger partial charge is 0.353 e. The zero-order valence-electron chi connectivity index (χ0n) is 10.6. The van der Waals surface area contributed by atoms with Gasteiger partial charge in [0, 0.05) is 46.2 Å². The van der Waals surface area contributed by atoms with Crippen LogP contribution < -0.4 is 5.73 Å². The summed E-state index contributed by atoms with van der Waals surface area (Å²) in [5, 5.41) is 4.48. The van der Waals surface area contributed by atoms with Gasteiger partial charge in [0.2, 0.25) is 0 Å². The van der Waals surface area contributed by atoms with Crippen LogP contribution in [0.1, 0.15) is 18.5 Å². The third-order valence-corrected chi connectivity index (χ3v) is 3.49. The molecule has 1 fully saturated rings. The minimum Gasteiger partial charge on any atom is -0.353 e. The van der Waals surface area contributed by atoms with E-state index in [1.807, 2.05) is 16.9 Å². The average Bonchev–Trinajstić information content (AvgIpc) is 2.71. The highest BCUT2D eigenvalue weighted by atomic mass is 16.7. The molecule has 17 heavy (non-hydrogen) atoms. The Morgan fingerprint density at radius 1 is 1.47 bits per heavy atom. The first-order chi connectivity index (χ1) is 8.21. The molecular formula is C12H21N3O2. The molecule has 2 rings (SSSR count). The number of ether oxygens (including phenoxy) is 2. The first kappa shape index (κ1) is 12.5. The van der Waals surface area contributed by atoms with Gasteiger partial charge < -0.3 is 15.2 Å². The van der Waals surface area contributed by atoms with Crippen LogP contribution in [0.3, 0.4) is 0 Å². The number of hydrogen-bond acceptors (Lipinski definition) is 4. The van der Waals surface area contributed by atoms with Crippen LogP contribution in [0.2, 0.25) is 0 Å². The van der Waals surface area contributed by atoms with Gasteiger partial charge in [-0.25, -0.2) is 0 Å². The molecule has 0 saturated heterocycles. The summed E-state index contributed by atoms with van der Waals surface area (Å²) in [6, 6.07) is 2.03. The smallest absolute Gasteiger partial charge is 0.168 e. The quantitative estimate of drug-likeness (QED) is 0.745. The minimum absolute atomic E-state index is 0.349. The molecule has 5 heteroatoms. The number of aromatic nitrogens is 2. The lowest BCUT2D eigenvalue weighted by Crippen LogP contribution is -2.48. The molecule has 1 heterocycles. The topological polar surface area (TPSA) is 62.3 Å². The van der Waals surface area contributed by atoms with Crippen LogP contribution in [-0.4, -0.2) is 36.3 Å². The van der Waals surface area contributed by atoms with Crippen molar-refractivity contribution in [1.82, 2.24) is 9.78 Å². The van der Waals surface area contributed by atoms with Gasteiger partial charge in [-0.2, -0.15) is 5.10 Å². The maximum atomic E-state index is 5.50. The van der Waals surface area contributed by atoms with Gasteiger partial charge in [0.15, 0.2) is 5.79 Å². The zero-order chi connectivity index (χ0) is 12.3. The Kier molecular flexibility index (Phi) is 3.81. The first-order valence-corrected chi connectivity index (χ1v) is 6.04. The molecule has 2 N–H and O–H groups in total. The van der Waals surface area contributed by atoms with E-state index < -0.39 is 0 Å². The summed E-state index contributed by atoms with van der Waals surface area (Å²) in [7, 11) is 3.40. The van der Waals surface area contributed by atoms with Gasteiger partial charge in [0.1, 0.15) is 0 Å². The molecule has 5 nitrogen and oxygen atoms in total. The van der Waals surface area contributed by atoms with Crippen LogP contribution in [0, 0.1) is 5.92 Å². The number of nitrogens with zero attached hydrogens (tertiary/aromatic N) is 2. The Hall–Kier alpha value is -0.910. The molecule has 0 unspecified atom stereocenters. The molecule has 0 aliphatic heterocycles. The molecule has 0 bridgehead atoms. The molecule has 96 valence electrons. The number of nitrogens with two attached hydrogens (primary N) is 1. The van der Waals surface area contributed by atoms with Gasteiger partial charge in [-0.3, -0.25) is 4.68 Å². The second kappa shape index (κ2) is 5.16. The first-order valence-electron chi connectivity index (χ1n) is 6.04. The number of hydrogen-bond donors (Lipinski definition) is 1. The van der Waals surface area contributed by atoms with Crippen molar-refractivity contribution in [2.24, 2.45) is 11.7 Å². The van der Waals surface area contributed by atoms with Crippen molar-refractivity contribution in [3.63, 3.8) is 0 Å². The van der Waals surface area contributed by atoms with Crippen LogP contribution in [0.15, 0.2) is 12.3 Å². The monoisotopic (exact) mass is 239 g/mol. The third-order valence-electron chi connectivity index (χ3n) is 3.49.